The normalized spacial score (nSPS) is 11.5. The van der Waals surface area contributed by atoms with E-state index in [4.69, 9.17) is 14.6 Å². The average Bonchev–Trinajstić information content (AvgIpc) is 2.96. The molecule has 0 aliphatic heterocycles. The zero-order chi connectivity index (χ0) is 22.8. The van der Waals surface area contributed by atoms with Crippen molar-refractivity contribution in [2.75, 3.05) is 13.7 Å². The number of rotatable bonds is 8. The molecule has 0 radical (unpaired) electrons. The third-order valence-corrected chi connectivity index (χ3v) is 4.92. The second-order valence-corrected chi connectivity index (χ2v) is 8.76. The molecule has 7 nitrogen and oxygen atoms in total. The number of carbonyl (C=O) groups is 2. The molecule has 2 aromatic heterocycles. The molecule has 2 heterocycles. The smallest absolute Gasteiger partial charge is 0.341 e. The van der Waals surface area contributed by atoms with Gasteiger partial charge in [-0.15, -0.1) is 0 Å². The Bertz CT molecular complexity index is 1120. The van der Waals surface area contributed by atoms with Gasteiger partial charge in [0.1, 0.15) is 11.4 Å². The number of fused-ring (bicyclic) bond motifs is 1. The number of carboxylic acid groups (broad SMARTS) is 1. The van der Waals surface area contributed by atoms with Gasteiger partial charge in [0.25, 0.3) is 0 Å². The van der Waals surface area contributed by atoms with Crippen molar-refractivity contribution in [3.63, 3.8) is 0 Å². The number of ketones is 1. The zero-order valence-corrected chi connectivity index (χ0v) is 18.6. The lowest BCUT2D eigenvalue weighted by atomic mass is 9.87. The number of ether oxygens (including phenoxy) is 2. The highest BCUT2D eigenvalue weighted by Crippen LogP contribution is 2.31. The van der Waals surface area contributed by atoms with Gasteiger partial charge in [-0.25, -0.2) is 4.79 Å². The maximum absolute atomic E-state index is 13.2. The molecule has 31 heavy (non-hydrogen) atoms. The number of carbonyl (C=O) groups excluding carboxylic acids is 1. The number of benzene rings is 1. The van der Waals surface area contributed by atoms with E-state index in [-0.39, 0.29) is 11.2 Å². The van der Waals surface area contributed by atoms with Gasteiger partial charge in [-0.3, -0.25) is 4.79 Å². The van der Waals surface area contributed by atoms with Gasteiger partial charge < -0.3 is 19.1 Å². The van der Waals surface area contributed by atoms with E-state index in [0.29, 0.717) is 35.8 Å². The molecule has 1 aromatic carbocycles. The van der Waals surface area contributed by atoms with Gasteiger partial charge in [0.15, 0.2) is 12.4 Å². The van der Waals surface area contributed by atoms with Crippen LogP contribution in [-0.2, 0) is 11.3 Å². The summed E-state index contributed by atoms with van der Waals surface area (Å²) >= 11 is 0. The minimum absolute atomic E-state index is 0.0826. The van der Waals surface area contributed by atoms with Crippen molar-refractivity contribution < 1.29 is 24.2 Å². The summed E-state index contributed by atoms with van der Waals surface area (Å²) in [5.41, 5.74) is 2.96. The maximum Gasteiger partial charge on any atom is 0.341 e. The van der Waals surface area contributed by atoms with E-state index in [0.717, 1.165) is 16.6 Å². The molecule has 0 saturated heterocycles. The van der Waals surface area contributed by atoms with E-state index >= 15 is 0 Å². The molecule has 0 spiro atoms. The molecular formula is C24H28N2O5. The summed E-state index contributed by atoms with van der Waals surface area (Å²) in [5.74, 6) is -0.00147. The molecule has 0 aliphatic rings. The SMILES string of the molecule is COc1ccc2c(C(=O)CC(C)(C)C)c(C)n(Cc3cccc(OCC(=O)O)c3)c2n1. The lowest BCUT2D eigenvalue weighted by molar-refractivity contribution is -0.139. The number of methoxy groups -OCH3 is 1. The summed E-state index contributed by atoms with van der Waals surface area (Å²) in [5, 5.41) is 9.63. The van der Waals surface area contributed by atoms with Gasteiger partial charge in [0.05, 0.1) is 7.11 Å². The summed E-state index contributed by atoms with van der Waals surface area (Å²) in [7, 11) is 1.56. The highest BCUT2D eigenvalue weighted by Gasteiger charge is 2.25. The van der Waals surface area contributed by atoms with Crippen LogP contribution in [0.5, 0.6) is 11.6 Å². The van der Waals surface area contributed by atoms with Crippen molar-refractivity contribution in [2.45, 2.75) is 40.7 Å². The molecule has 0 amide bonds. The zero-order valence-electron chi connectivity index (χ0n) is 18.6. The molecule has 3 aromatic rings. The number of aromatic nitrogens is 2. The first-order chi connectivity index (χ1) is 14.6. The van der Waals surface area contributed by atoms with Crippen LogP contribution in [0.2, 0.25) is 0 Å². The standard InChI is InChI=1S/C24H28N2O5/c1-15-22(19(27)12-24(2,3)4)18-9-10-20(30-5)25-23(18)26(15)13-16-7-6-8-17(11-16)31-14-21(28)29/h6-11H,12-14H2,1-5H3,(H,28,29). The van der Waals surface area contributed by atoms with Crippen molar-refractivity contribution in [3.05, 3.63) is 53.2 Å². The lowest BCUT2D eigenvalue weighted by Crippen LogP contribution is -2.14. The maximum atomic E-state index is 13.2. The minimum atomic E-state index is -1.03. The number of hydrogen-bond donors (Lipinski definition) is 1. The second kappa shape index (κ2) is 8.79. The predicted octanol–water partition coefficient (Wildman–Crippen LogP) is 4.48. The number of Topliss-reactive ketones (excluding diaryl/α,β-unsaturated/α-hetero) is 1. The summed E-state index contributed by atoms with van der Waals surface area (Å²) in [6, 6.07) is 10.9. The van der Waals surface area contributed by atoms with Crippen LogP contribution in [0.4, 0.5) is 0 Å². The second-order valence-electron chi connectivity index (χ2n) is 8.76. The van der Waals surface area contributed by atoms with E-state index in [1.54, 1.807) is 25.3 Å². The van der Waals surface area contributed by atoms with Crippen molar-refractivity contribution in [1.82, 2.24) is 9.55 Å². The fourth-order valence-electron chi connectivity index (χ4n) is 3.61. The van der Waals surface area contributed by atoms with Crippen molar-refractivity contribution >= 4 is 22.8 Å². The van der Waals surface area contributed by atoms with Gasteiger partial charge in [0.2, 0.25) is 5.88 Å². The number of pyridine rings is 1. The van der Waals surface area contributed by atoms with Gasteiger partial charge in [-0.05, 0) is 36.1 Å². The van der Waals surface area contributed by atoms with Crippen molar-refractivity contribution in [1.29, 1.82) is 0 Å². The molecule has 0 bridgehead atoms. The Kier molecular flexibility index (Phi) is 6.34. The van der Waals surface area contributed by atoms with Crippen molar-refractivity contribution in [2.24, 2.45) is 5.41 Å². The van der Waals surface area contributed by atoms with E-state index in [1.165, 1.54) is 0 Å². The Hall–Kier alpha value is -3.35. The van der Waals surface area contributed by atoms with Crippen LogP contribution in [0.1, 0.15) is 48.8 Å². The average molecular weight is 424 g/mol. The fourth-order valence-corrected chi connectivity index (χ4v) is 3.61. The van der Waals surface area contributed by atoms with E-state index in [9.17, 15) is 9.59 Å². The molecule has 7 heteroatoms. The molecule has 0 atom stereocenters. The van der Waals surface area contributed by atoms with Crippen LogP contribution in [0.25, 0.3) is 11.0 Å². The monoisotopic (exact) mass is 424 g/mol. The van der Waals surface area contributed by atoms with Gasteiger partial charge >= 0.3 is 5.97 Å². The van der Waals surface area contributed by atoms with Crippen LogP contribution in [0, 0.1) is 12.3 Å². The van der Waals surface area contributed by atoms with E-state index in [2.05, 4.69) is 4.98 Å². The van der Waals surface area contributed by atoms with Crippen LogP contribution in [0.15, 0.2) is 36.4 Å². The minimum Gasteiger partial charge on any atom is -0.482 e. The van der Waals surface area contributed by atoms with Crippen LogP contribution >= 0.6 is 0 Å². The topological polar surface area (TPSA) is 90.7 Å². The van der Waals surface area contributed by atoms with Gasteiger partial charge in [-0.1, -0.05) is 32.9 Å². The van der Waals surface area contributed by atoms with E-state index < -0.39 is 12.6 Å². The molecule has 0 unspecified atom stereocenters. The summed E-state index contributed by atoms with van der Waals surface area (Å²) in [6.45, 7) is 8.11. The highest BCUT2D eigenvalue weighted by atomic mass is 16.5. The number of hydrogen-bond acceptors (Lipinski definition) is 5. The number of nitrogens with zero attached hydrogens (tertiary/aromatic N) is 2. The van der Waals surface area contributed by atoms with Crippen LogP contribution in [0.3, 0.4) is 0 Å². The third-order valence-electron chi connectivity index (χ3n) is 4.92. The summed E-state index contributed by atoms with van der Waals surface area (Å²) < 4.78 is 12.6. The molecule has 0 fully saturated rings. The summed E-state index contributed by atoms with van der Waals surface area (Å²) in [4.78, 5) is 28.6. The molecule has 164 valence electrons. The summed E-state index contributed by atoms with van der Waals surface area (Å²) in [6.07, 6.45) is 0.428. The van der Waals surface area contributed by atoms with Crippen LogP contribution in [-0.4, -0.2) is 40.1 Å². The first-order valence-corrected chi connectivity index (χ1v) is 10.1. The first-order valence-electron chi connectivity index (χ1n) is 10.1. The number of carboxylic acids is 1. The highest BCUT2D eigenvalue weighted by molar-refractivity contribution is 6.09. The molecule has 3 rings (SSSR count). The quantitative estimate of drug-likeness (QED) is 0.536. The van der Waals surface area contributed by atoms with E-state index in [1.807, 2.05) is 50.5 Å². The molecular weight excluding hydrogens is 396 g/mol. The number of aliphatic carboxylic acids is 1. The molecule has 0 saturated carbocycles. The van der Waals surface area contributed by atoms with Gasteiger partial charge in [0, 0.05) is 35.7 Å². The van der Waals surface area contributed by atoms with Crippen LogP contribution < -0.4 is 9.47 Å². The lowest BCUT2D eigenvalue weighted by Gasteiger charge is -2.17. The first kappa shape index (κ1) is 22.3. The predicted molar refractivity (Wildman–Crippen MR) is 118 cm³/mol. The Morgan fingerprint density at radius 3 is 2.55 bits per heavy atom. The Morgan fingerprint density at radius 1 is 1.16 bits per heavy atom. The third kappa shape index (κ3) is 5.23. The largest absolute Gasteiger partial charge is 0.482 e. The van der Waals surface area contributed by atoms with Crippen molar-refractivity contribution in [3.8, 4) is 11.6 Å². The Labute approximate surface area is 181 Å². The Morgan fingerprint density at radius 2 is 1.90 bits per heavy atom. The molecule has 0 aliphatic carbocycles. The Balaban J connectivity index is 2.05. The fraction of sp³-hybridized carbons (Fsp3) is 0.375. The van der Waals surface area contributed by atoms with Gasteiger partial charge in [-0.2, -0.15) is 4.98 Å². The molecule has 1 N–H and O–H groups in total.